The van der Waals surface area contributed by atoms with E-state index in [0.29, 0.717) is 5.82 Å². The summed E-state index contributed by atoms with van der Waals surface area (Å²) in [6, 6.07) is 1.77. The second-order valence-electron chi connectivity index (χ2n) is 3.79. The van der Waals surface area contributed by atoms with E-state index < -0.39 is 0 Å². The first-order valence-electron chi connectivity index (χ1n) is 5.51. The molecule has 1 heterocycles. The molecule has 4 nitrogen and oxygen atoms in total. The number of rotatable bonds is 5. The lowest BCUT2D eigenvalue weighted by atomic mass is 9.90. The van der Waals surface area contributed by atoms with E-state index in [9.17, 15) is 0 Å². The minimum Gasteiger partial charge on any atom is -0.384 e. The molecule has 1 aromatic heterocycles. The normalized spacial score (nSPS) is 11.4. The van der Waals surface area contributed by atoms with Gasteiger partial charge < -0.3 is 11.1 Å². The Balaban J connectivity index is 2.82. The average molecular weight is 208 g/mol. The molecule has 0 radical (unpaired) electrons. The highest BCUT2D eigenvalue weighted by molar-refractivity contribution is 5.45. The van der Waals surface area contributed by atoms with Gasteiger partial charge in [0.25, 0.3) is 0 Å². The van der Waals surface area contributed by atoms with Gasteiger partial charge in [-0.3, -0.25) is 0 Å². The van der Waals surface area contributed by atoms with Gasteiger partial charge in [0, 0.05) is 11.6 Å². The zero-order chi connectivity index (χ0) is 11.3. The first kappa shape index (κ1) is 11.8. The standard InChI is InChI=1S/C11H20N4/c1-4-11(5-2,6-3)15-10-7-9(12)13-8-14-10/h7-8H,4-6H2,1-3H3,(H3,12,13,14,15). The first-order chi connectivity index (χ1) is 7.15. The predicted octanol–water partition coefficient (Wildman–Crippen LogP) is 2.44. The minimum atomic E-state index is 0.126. The summed E-state index contributed by atoms with van der Waals surface area (Å²) in [5.41, 5.74) is 5.74. The van der Waals surface area contributed by atoms with Gasteiger partial charge in [-0.2, -0.15) is 0 Å². The lowest BCUT2D eigenvalue weighted by Crippen LogP contribution is -2.36. The molecule has 0 fully saturated rings. The van der Waals surface area contributed by atoms with Gasteiger partial charge in [0.15, 0.2) is 0 Å². The van der Waals surface area contributed by atoms with E-state index in [1.807, 2.05) is 0 Å². The highest BCUT2D eigenvalue weighted by Crippen LogP contribution is 2.24. The number of hydrogen-bond donors (Lipinski definition) is 2. The van der Waals surface area contributed by atoms with Crippen molar-refractivity contribution in [2.24, 2.45) is 0 Å². The molecule has 4 heteroatoms. The molecule has 1 aromatic rings. The van der Waals surface area contributed by atoms with Crippen LogP contribution in [-0.4, -0.2) is 15.5 Å². The quantitative estimate of drug-likeness (QED) is 0.780. The molecule has 0 aliphatic carbocycles. The summed E-state index contributed by atoms with van der Waals surface area (Å²) in [4.78, 5) is 8.04. The van der Waals surface area contributed by atoms with E-state index in [2.05, 4.69) is 36.1 Å². The fourth-order valence-corrected chi connectivity index (χ4v) is 1.73. The Morgan fingerprint density at radius 1 is 1.20 bits per heavy atom. The molecule has 0 aliphatic heterocycles. The van der Waals surface area contributed by atoms with Crippen molar-refractivity contribution in [2.75, 3.05) is 11.1 Å². The Morgan fingerprint density at radius 2 is 1.80 bits per heavy atom. The molecule has 0 aliphatic rings. The molecule has 0 saturated carbocycles. The van der Waals surface area contributed by atoms with Crippen molar-refractivity contribution < 1.29 is 0 Å². The van der Waals surface area contributed by atoms with Gasteiger partial charge >= 0.3 is 0 Å². The topological polar surface area (TPSA) is 63.8 Å². The van der Waals surface area contributed by atoms with Crippen LogP contribution in [0.4, 0.5) is 11.6 Å². The third-order valence-electron chi connectivity index (χ3n) is 3.11. The average Bonchev–Trinajstić information content (AvgIpc) is 2.26. The van der Waals surface area contributed by atoms with Crippen molar-refractivity contribution in [1.82, 2.24) is 9.97 Å². The summed E-state index contributed by atoms with van der Waals surface area (Å²) in [5.74, 6) is 1.32. The molecule has 3 N–H and O–H groups in total. The van der Waals surface area contributed by atoms with Gasteiger partial charge in [-0.1, -0.05) is 20.8 Å². The summed E-state index contributed by atoms with van der Waals surface area (Å²) in [6.07, 6.45) is 4.71. The molecule has 1 rings (SSSR count). The van der Waals surface area contributed by atoms with Gasteiger partial charge in [-0.05, 0) is 19.3 Å². The van der Waals surface area contributed by atoms with Crippen molar-refractivity contribution in [3.05, 3.63) is 12.4 Å². The second kappa shape index (κ2) is 4.96. The molecular formula is C11H20N4. The van der Waals surface area contributed by atoms with Crippen LogP contribution in [-0.2, 0) is 0 Å². The van der Waals surface area contributed by atoms with Crippen LogP contribution >= 0.6 is 0 Å². The summed E-state index contributed by atoms with van der Waals surface area (Å²) in [6.45, 7) is 6.56. The number of nitrogens with zero attached hydrogens (tertiary/aromatic N) is 2. The molecule has 0 amide bonds. The number of hydrogen-bond acceptors (Lipinski definition) is 4. The number of aromatic nitrogens is 2. The monoisotopic (exact) mass is 208 g/mol. The summed E-state index contributed by atoms with van der Waals surface area (Å²) in [7, 11) is 0. The van der Waals surface area contributed by atoms with Crippen LogP contribution in [0.1, 0.15) is 40.0 Å². The maximum absolute atomic E-state index is 5.61. The summed E-state index contributed by atoms with van der Waals surface area (Å²) >= 11 is 0. The molecule has 0 unspecified atom stereocenters. The SMILES string of the molecule is CCC(CC)(CC)Nc1cc(N)ncn1. The van der Waals surface area contributed by atoms with Crippen LogP contribution in [0.25, 0.3) is 0 Å². The molecule has 15 heavy (non-hydrogen) atoms. The van der Waals surface area contributed by atoms with E-state index in [-0.39, 0.29) is 5.54 Å². The molecule has 0 atom stereocenters. The molecule has 0 saturated heterocycles. The lowest BCUT2D eigenvalue weighted by Gasteiger charge is -2.32. The Morgan fingerprint density at radius 3 is 2.27 bits per heavy atom. The third kappa shape index (κ3) is 2.81. The fourth-order valence-electron chi connectivity index (χ4n) is 1.73. The van der Waals surface area contributed by atoms with Crippen LogP contribution < -0.4 is 11.1 Å². The Kier molecular flexibility index (Phi) is 3.88. The number of anilines is 2. The smallest absolute Gasteiger partial charge is 0.131 e. The van der Waals surface area contributed by atoms with Gasteiger partial charge in [-0.15, -0.1) is 0 Å². The van der Waals surface area contributed by atoms with Crippen LogP contribution in [0.2, 0.25) is 0 Å². The van der Waals surface area contributed by atoms with Crippen LogP contribution in [0.5, 0.6) is 0 Å². The van der Waals surface area contributed by atoms with Crippen LogP contribution in [0.15, 0.2) is 12.4 Å². The molecular weight excluding hydrogens is 188 g/mol. The highest BCUT2D eigenvalue weighted by atomic mass is 15.1. The largest absolute Gasteiger partial charge is 0.384 e. The van der Waals surface area contributed by atoms with E-state index in [0.717, 1.165) is 25.1 Å². The first-order valence-corrected chi connectivity index (χ1v) is 5.51. The number of nitrogen functional groups attached to an aromatic ring is 1. The second-order valence-corrected chi connectivity index (χ2v) is 3.79. The minimum absolute atomic E-state index is 0.126. The van der Waals surface area contributed by atoms with Crippen molar-refractivity contribution in [3.8, 4) is 0 Å². The lowest BCUT2D eigenvalue weighted by molar-refractivity contribution is 0.419. The van der Waals surface area contributed by atoms with E-state index in [1.165, 1.54) is 6.33 Å². The van der Waals surface area contributed by atoms with E-state index >= 15 is 0 Å². The van der Waals surface area contributed by atoms with E-state index in [1.54, 1.807) is 6.07 Å². The molecule has 84 valence electrons. The number of nitrogens with one attached hydrogen (secondary N) is 1. The van der Waals surface area contributed by atoms with Crippen LogP contribution in [0.3, 0.4) is 0 Å². The van der Waals surface area contributed by atoms with Crippen molar-refractivity contribution in [3.63, 3.8) is 0 Å². The van der Waals surface area contributed by atoms with Gasteiger partial charge in [0.2, 0.25) is 0 Å². The molecule has 0 aromatic carbocycles. The predicted molar refractivity (Wildman–Crippen MR) is 63.7 cm³/mol. The third-order valence-corrected chi connectivity index (χ3v) is 3.11. The van der Waals surface area contributed by atoms with Gasteiger partial charge in [0.1, 0.15) is 18.0 Å². The van der Waals surface area contributed by atoms with Gasteiger partial charge in [0.05, 0.1) is 0 Å². The number of nitrogens with two attached hydrogens (primary N) is 1. The van der Waals surface area contributed by atoms with Crippen molar-refractivity contribution >= 4 is 11.6 Å². The maximum Gasteiger partial charge on any atom is 0.131 e. The van der Waals surface area contributed by atoms with Crippen molar-refractivity contribution in [2.45, 2.75) is 45.6 Å². The van der Waals surface area contributed by atoms with Crippen molar-refractivity contribution in [1.29, 1.82) is 0 Å². The Hall–Kier alpha value is -1.32. The summed E-state index contributed by atoms with van der Waals surface area (Å²) < 4.78 is 0. The van der Waals surface area contributed by atoms with E-state index in [4.69, 9.17) is 5.73 Å². The van der Waals surface area contributed by atoms with Gasteiger partial charge in [-0.25, -0.2) is 9.97 Å². The molecule has 0 spiro atoms. The Labute approximate surface area is 91.3 Å². The maximum atomic E-state index is 5.61. The zero-order valence-electron chi connectivity index (χ0n) is 9.75. The molecule has 0 bridgehead atoms. The fraction of sp³-hybridized carbons (Fsp3) is 0.636. The Bertz CT molecular complexity index is 299. The highest BCUT2D eigenvalue weighted by Gasteiger charge is 2.23. The zero-order valence-corrected chi connectivity index (χ0v) is 9.75. The van der Waals surface area contributed by atoms with Crippen LogP contribution in [0, 0.1) is 0 Å². The summed E-state index contributed by atoms with van der Waals surface area (Å²) in [5, 5.41) is 3.45.